The molecule has 0 bridgehead atoms. The predicted octanol–water partition coefficient (Wildman–Crippen LogP) is 2.32. The lowest BCUT2D eigenvalue weighted by Gasteiger charge is -2.31. The number of hydrogen-bond acceptors (Lipinski definition) is 2. The molecule has 1 heterocycles. The van der Waals surface area contributed by atoms with Crippen LogP contribution in [0.4, 0.5) is 10.1 Å². The summed E-state index contributed by atoms with van der Waals surface area (Å²) < 4.78 is 12.9. The lowest BCUT2D eigenvalue weighted by Crippen LogP contribution is -2.53. The molecule has 1 atom stereocenters. The maximum absolute atomic E-state index is 12.9. The van der Waals surface area contributed by atoms with Crippen LogP contribution in [0.1, 0.15) is 26.2 Å². The highest BCUT2D eigenvalue weighted by atomic mass is 19.1. The zero-order valence-corrected chi connectivity index (χ0v) is 10.9. The molecule has 1 amide bonds. The van der Waals surface area contributed by atoms with Gasteiger partial charge in [-0.25, -0.2) is 4.39 Å². The van der Waals surface area contributed by atoms with Gasteiger partial charge in [0.25, 0.3) is 0 Å². The molecule has 0 radical (unpaired) electrons. The van der Waals surface area contributed by atoms with Gasteiger partial charge in [0.1, 0.15) is 5.82 Å². The Bertz CT molecular complexity index is 424. The van der Waals surface area contributed by atoms with E-state index in [0.717, 1.165) is 31.5 Å². The Morgan fingerprint density at radius 3 is 2.61 bits per heavy atom. The summed E-state index contributed by atoms with van der Waals surface area (Å²) in [5, 5.41) is 3.32. The summed E-state index contributed by atoms with van der Waals surface area (Å²) in [4.78, 5) is 14.2. The molecule has 0 aliphatic carbocycles. The first-order chi connectivity index (χ1) is 8.59. The molecule has 1 aliphatic rings. The van der Waals surface area contributed by atoms with E-state index in [4.69, 9.17) is 0 Å². The molecule has 1 N–H and O–H groups in total. The minimum atomic E-state index is -0.441. The van der Waals surface area contributed by atoms with Gasteiger partial charge in [0, 0.05) is 12.7 Å². The molecule has 1 aromatic carbocycles. The molecule has 0 aromatic heterocycles. The second-order valence-electron chi connectivity index (χ2n) is 4.81. The Morgan fingerprint density at radius 2 is 2.11 bits per heavy atom. The van der Waals surface area contributed by atoms with Crippen molar-refractivity contribution in [3.63, 3.8) is 0 Å². The maximum atomic E-state index is 12.9. The molecular formula is C14H19FN2O. The van der Waals surface area contributed by atoms with Crippen molar-refractivity contribution < 1.29 is 9.18 Å². The number of halogens is 1. The van der Waals surface area contributed by atoms with Crippen LogP contribution in [-0.2, 0) is 4.79 Å². The second kappa shape index (κ2) is 5.06. The Labute approximate surface area is 107 Å². The van der Waals surface area contributed by atoms with E-state index in [2.05, 4.69) is 5.32 Å². The van der Waals surface area contributed by atoms with Crippen molar-refractivity contribution in [1.29, 1.82) is 0 Å². The minimum Gasteiger partial charge on any atom is -0.314 e. The summed E-state index contributed by atoms with van der Waals surface area (Å²) in [6.07, 6.45) is 2.67. The van der Waals surface area contributed by atoms with Gasteiger partial charge in [-0.15, -0.1) is 0 Å². The molecule has 1 aliphatic heterocycles. The quantitative estimate of drug-likeness (QED) is 0.893. The zero-order chi connectivity index (χ0) is 13.2. The van der Waals surface area contributed by atoms with Gasteiger partial charge in [-0.1, -0.05) is 6.92 Å². The molecule has 98 valence electrons. The maximum Gasteiger partial charge on any atom is 0.247 e. The zero-order valence-electron chi connectivity index (χ0n) is 10.9. The van der Waals surface area contributed by atoms with Crippen molar-refractivity contribution in [3.8, 4) is 0 Å². The van der Waals surface area contributed by atoms with Crippen molar-refractivity contribution in [1.82, 2.24) is 5.32 Å². The fourth-order valence-corrected chi connectivity index (χ4v) is 2.54. The van der Waals surface area contributed by atoms with Crippen LogP contribution < -0.4 is 10.2 Å². The largest absolute Gasteiger partial charge is 0.314 e. The number of anilines is 1. The van der Waals surface area contributed by atoms with Crippen LogP contribution in [-0.4, -0.2) is 25.0 Å². The molecule has 0 spiro atoms. The summed E-state index contributed by atoms with van der Waals surface area (Å²) in [5.41, 5.74) is 0.284. The Hall–Kier alpha value is -1.42. The topological polar surface area (TPSA) is 32.3 Å². The molecule has 1 fully saturated rings. The van der Waals surface area contributed by atoms with Gasteiger partial charge >= 0.3 is 0 Å². The second-order valence-corrected chi connectivity index (χ2v) is 4.81. The highest BCUT2D eigenvalue weighted by Crippen LogP contribution is 2.27. The van der Waals surface area contributed by atoms with Gasteiger partial charge in [-0.3, -0.25) is 4.79 Å². The SMILES string of the molecule is CCC1(C(=O)N(C)c2ccc(F)cc2)CCCN1. The number of nitrogens with one attached hydrogen (secondary N) is 1. The van der Waals surface area contributed by atoms with Crippen molar-refractivity contribution in [3.05, 3.63) is 30.1 Å². The molecule has 4 heteroatoms. The number of carbonyl (C=O) groups is 1. The monoisotopic (exact) mass is 250 g/mol. The van der Waals surface area contributed by atoms with Crippen LogP contribution in [0.2, 0.25) is 0 Å². The predicted molar refractivity (Wildman–Crippen MR) is 70.1 cm³/mol. The van der Waals surface area contributed by atoms with Crippen molar-refractivity contribution >= 4 is 11.6 Å². The summed E-state index contributed by atoms with van der Waals surface area (Å²) >= 11 is 0. The first-order valence-corrected chi connectivity index (χ1v) is 6.38. The summed E-state index contributed by atoms with van der Waals surface area (Å²) in [5.74, 6) is -0.224. The molecule has 3 nitrogen and oxygen atoms in total. The Kier molecular flexibility index (Phi) is 3.66. The molecule has 1 aromatic rings. The highest BCUT2D eigenvalue weighted by molar-refractivity contribution is 6.00. The van der Waals surface area contributed by atoms with E-state index >= 15 is 0 Å². The average molecular weight is 250 g/mol. The standard InChI is InChI=1S/C14H19FN2O/c1-3-14(9-4-10-16-14)13(18)17(2)12-7-5-11(15)6-8-12/h5-8,16H,3-4,9-10H2,1-2H3. The van der Waals surface area contributed by atoms with Gasteiger partial charge in [0.2, 0.25) is 5.91 Å². The first kappa shape index (κ1) is 13.0. The van der Waals surface area contributed by atoms with Gasteiger partial charge in [0.15, 0.2) is 0 Å². The Balaban J connectivity index is 2.20. The van der Waals surface area contributed by atoms with E-state index in [1.807, 2.05) is 6.92 Å². The lowest BCUT2D eigenvalue weighted by atomic mass is 9.92. The summed E-state index contributed by atoms with van der Waals surface area (Å²) in [7, 11) is 1.74. The van der Waals surface area contributed by atoms with Gasteiger partial charge < -0.3 is 10.2 Å². The first-order valence-electron chi connectivity index (χ1n) is 6.38. The third kappa shape index (κ3) is 2.25. The summed E-state index contributed by atoms with van der Waals surface area (Å²) in [6.45, 7) is 2.91. The van der Waals surface area contributed by atoms with Crippen LogP contribution in [0.3, 0.4) is 0 Å². The molecule has 1 saturated heterocycles. The van der Waals surface area contributed by atoms with E-state index in [1.54, 1.807) is 24.1 Å². The van der Waals surface area contributed by atoms with E-state index in [1.165, 1.54) is 12.1 Å². The van der Waals surface area contributed by atoms with Crippen LogP contribution in [0, 0.1) is 5.82 Å². The highest BCUT2D eigenvalue weighted by Gasteiger charge is 2.41. The van der Waals surface area contributed by atoms with Gasteiger partial charge in [0.05, 0.1) is 5.54 Å². The average Bonchev–Trinajstić information content (AvgIpc) is 2.88. The molecule has 2 rings (SSSR count). The number of rotatable bonds is 3. The number of carbonyl (C=O) groups excluding carboxylic acids is 1. The summed E-state index contributed by atoms with van der Waals surface area (Å²) in [6, 6.07) is 6.01. The van der Waals surface area contributed by atoms with Crippen LogP contribution in [0.25, 0.3) is 0 Å². The van der Waals surface area contributed by atoms with Crippen LogP contribution in [0.5, 0.6) is 0 Å². The number of likely N-dealkylation sites (N-methyl/N-ethyl adjacent to an activating group) is 1. The number of hydrogen-bond donors (Lipinski definition) is 1. The van der Waals surface area contributed by atoms with Gasteiger partial charge in [-0.2, -0.15) is 0 Å². The molecule has 1 unspecified atom stereocenters. The fraction of sp³-hybridized carbons (Fsp3) is 0.500. The fourth-order valence-electron chi connectivity index (χ4n) is 2.54. The van der Waals surface area contributed by atoms with E-state index < -0.39 is 5.54 Å². The molecule has 0 saturated carbocycles. The van der Waals surface area contributed by atoms with E-state index in [0.29, 0.717) is 0 Å². The normalized spacial score (nSPS) is 23.1. The van der Waals surface area contributed by atoms with Crippen molar-refractivity contribution in [2.45, 2.75) is 31.7 Å². The van der Waals surface area contributed by atoms with Gasteiger partial charge in [-0.05, 0) is 50.1 Å². The van der Waals surface area contributed by atoms with Crippen LogP contribution in [0.15, 0.2) is 24.3 Å². The lowest BCUT2D eigenvalue weighted by molar-refractivity contribution is -0.124. The third-order valence-corrected chi connectivity index (χ3v) is 3.78. The number of benzene rings is 1. The smallest absolute Gasteiger partial charge is 0.247 e. The van der Waals surface area contributed by atoms with Crippen LogP contribution >= 0.6 is 0 Å². The third-order valence-electron chi connectivity index (χ3n) is 3.78. The number of nitrogens with zero attached hydrogens (tertiary/aromatic N) is 1. The van der Waals surface area contributed by atoms with Crippen molar-refractivity contribution in [2.75, 3.05) is 18.5 Å². The van der Waals surface area contributed by atoms with Crippen molar-refractivity contribution in [2.24, 2.45) is 0 Å². The van der Waals surface area contributed by atoms with E-state index in [-0.39, 0.29) is 11.7 Å². The molecular weight excluding hydrogens is 231 g/mol. The minimum absolute atomic E-state index is 0.0640. The number of amides is 1. The Morgan fingerprint density at radius 1 is 1.44 bits per heavy atom. The van der Waals surface area contributed by atoms with E-state index in [9.17, 15) is 9.18 Å². The molecule has 18 heavy (non-hydrogen) atoms.